The molecule has 2 heterocycles. The summed E-state index contributed by atoms with van der Waals surface area (Å²) in [6, 6.07) is 5.89. The molecule has 0 spiro atoms. The second kappa shape index (κ2) is 9.20. The highest BCUT2D eigenvalue weighted by Gasteiger charge is 2.14. The third kappa shape index (κ3) is 4.74. The molecule has 0 saturated carbocycles. The van der Waals surface area contributed by atoms with E-state index in [2.05, 4.69) is 15.5 Å². The smallest absolute Gasteiger partial charge is 0.251 e. The highest BCUT2D eigenvalue weighted by Crippen LogP contribution is 2.22. The van der Waals surface area contributed by atoms with Crippen molar-refractivity contribution in [2.45, 2.75) is 6.42 Å². The van der Waals surface area contributed by atoms with Gasteiger partial charge in [-0.15, -0.1) is 24.8 Å². The lowest BCUT2D eigenvalue weighted by Gasteiger charge is -2.26. The van der Waals surface area contributed by atoms with Crippen molar-refractivity contribution in [3.05, 3.63) is 29.3 Å². The van der Waals surface area contributed by atoms with Crippen LogP contribution in [-0.4, -0.2) is 56.7 Å². The minimum absolute atomic E-state index is 0. The number of morpholine rings is 1. The van der Waals surface area contributed by atoms with Gasteiger partial charge in [0.15, 0.2) is 0 Å². The Kier molecular flexibility index (Phi) is 7.96. The number of nitrogens with one attached hydrogen (secondary N) is 2. The molecule has 5 nitrogen and oxygen atoms in total. The number of hydrogen-bond acceptors (Lipinski definition) is 4. The van der Waals surface area contributed by atoms with E-state index in [1.165, 1.54) is 5.56 Å². The Labute approximate surface area is 143 Å². The molecule has 1 amide bonds. The first-order chi connectivity index (χ1) is 9.83. The van der Waals surface area contributed by atoms with E-state index in [-0.39, 0.29) is 30.7 Å². The number of halogens is 2. The van der Waals surface area contributed by atoms with Crippen molar-refractivity contribution in [3.8, 4) is 0 Å². The summed E-state index contributed by atoms with van der Waals surface area (Å²) >= 11 is 0. The number of carbonyl (C=O) groups is 1. The number of anilines is 1. The molecule has 0 radical (unpaired) electrons. The van der Waals surface area contributed by atoms with Crippen LogP contribution in [-0.2, 0) is 11.2 Å². The van der Waals surface area contributed by atoms with Crippen molar-refractivity contribution in [2.75, 3.05) is 51.3 Å². The van der Waals surface area contributed by atoms with Gasteiger partial charge in [0.1, 0.15) is 0 Å². The van der Waals surface area contributed by atoms with Gasteiger partial charge in [-0.1, -0.05) is 0 Å². The third-order valence-corrected chi connectivity index (χ3v) is 3.89. The van der Waals surface area contributed by atoms with Gasteiger partial charge in [0.2, 0.25) is 0 Å². The van der Waals surface area contributed by atoms with E-state index in [0.717, 1.165) is 57.1 Å². The Morgan fingerprint density at radius 3 is 2.82 bits per heavy atom. The van der Waals surface area contributed by atoms with E-state index in [9.17, 15) is 4.79 Å². The maximum absolute atomic E-state index is 12.1. The van der Waals surface area contributed by atoms with E-state index >= 15 is 0 Å². The van der Waals surface area contributed by atoms with Crippen molar-refractivity contribution >= 4 is 36.4 Å². The Morgan fingerprint density at radius 1 is 1.27 bits per heavy atom. The lowest BCUT2D eigenvalue weighted by molar-refractivity contribution is 0.0383. The molecule has 7 heteroatoms. The number of nitrogens with zero attached hydrogens (tertiary/aromatic N) is 1. The van der Waals surface area contributed by atoms with Crippen LogP contribution in [0, 0.1) is 0 Å². The lowest BCUT2D eigenvalue weighted by Crippen LogP contribution is -2.41. The van der Waals surface area contributed by atoms with Crippen molar-refractivity contribution in [2.24, 2.45) is 0 Å². The van der Waals surface area contributed by atoms with Crippen molar-refractivity contribution in [1.29, 1.82) is 0 Å². The first-order valence-electron chi connectivity index (χ1n) is 7.28. The second-order valence-corrected chi connectivity index (χ2v) is 5.26. The maximum Gasteiger partial charge on any atom is 0.251 e. The van der Waals surface area contributed by atoms with E-state index in [1.54, 1.807) is 0 Å². The SMILES string of the molecule is Cl.Cl.O=C(NCCN1CCOCC1)c1ccc2c(c1)CCN2. The van der Waals surface area contributed by atoms with Gasteiger partial charge < -0.3 is 15.4 Å². The summed E-state index contributed by atoms with van der Waals surface area (Å²) in [6.07, 6.45) is 1.00. The summed E-state index contributed by atoms with van der Waals surface area (Å²) in [4.78, 5) is 14.4. The molecule has 0 bridgehead atoms. The highest BCUT2D eigenvalue weighted by molar-refractivity contribution is 5.95. The zero-order valence-electron chi connectivity index (χ0n) is 12.5. The summed E-state index contributed by atoms with van der Waals surface area (Å²) in [6.45, 7) is 6.06. The third-order valence-electron chi connectivity index (χ3n) is 3.89. The summed E-state index contributed by atoms with van der Waals surface area (Å²) in [7, 11) is 0. The molecule has 1 aromatic rings. The van der Waals surface area contributed by atoms with E-state index < -0.39 is 0 Å². The molecule has 0 aliphatic carbocycles. The fourth-order valence-corrected chi connectivity index (χ4v) is 2.70. The monoisotopic (exact) mass is 347 g/mol. The fourth-order valence-electron chi connectivity index (χ4n) is 2.70. The number of hydrogen-bond donors (Lipinski definition) is 2. The average Bonchev–Trinajstić information content (AvgIpc) is 2.95. The molecule has 0 atom stereocenters. The van der Waals surface area contributed by atoms with Crippen LogP contribution >= 0.6 is 24.8 Å². The molecule has 0 unspecified atom stereocenters. The van der Waals surface area contributed by atoms with Crippen LogP contribution in [0.2, 0.25) is 0 Å². The molecule has 2 aliphatic rings. The normalized spacial score (nSPS) is 16.7. The largest absolute Gasteiger partial charge is 0.384 e. The van der Waals surface area contributed by atoms with E-state index in [1.807, 2.05) is 18.2 Å². The predicted octanol–water partition coefficient (Wildman–Crippen LogP) is 1.56. The topological polar surface area (TPSA) is 53.6 Å². The number of ether oxygens (including phenoxy) is 1. The van der Waals surface area contributed by atoms with Gasteiger partial charge in [0.05, 0.1) is 13.2 Å². The molecule has 1 saturated heterocycles. The highest BCUT2D eigenvalue weighted by atomic mass is 35.5. The van der Waals surface area contributed by atoms with Gasteiger partial charge >= 0.3 is 0 Å². The van der Waals surface area contributed by atoms with Gasteiger partial charge in [-0.2, -0.15) is 0 Å². The molecular weight excluding hydrogens is 325 g/mol. The molecule has 124 valence electrons. The zero-order chi connectivity index (χ0) is 13.8. The fraction of sp³-hybridized carbons (Fsp3) is 0.533. The van der Waals surface area contributed by atoms with Crippen LogP contribution < -0.4 is 10.6 Å². The number of rotatable bonds is 4. The zero-order valence-corrected chi connectivity index (χ0v) is 14.1. The van der Waals surface area contributed by atoms with E-state index in [4.69, 9.17) is 4.74 Å². The molecule has 1 fully saturated rings. The van der Waals surface area contributed by atoms with Crippen LogP contribution in [0.4, 0.5) is 5.69 Å². The predicted molar refractivity (Wildman–Crippen MR) is 92.7 cm³/mol. The standard InChI is InChI=1S/C15H21N3O2.2ClH/c19-15(17-5-6-18-7-9-20-10-8-18)13-1-2-14-12(11-13)3-4-16-14;;/h1-2,11,16H,3-10H2,(H,17,19);2*1H. The molecule has 0 aromatic heterocycles. The van der Waals surface area contributed by atoms with Crippen LogP contribution in [0.25, 0.3) is 0 Å². The van der Waals surface area contributed by atoms with Crippen LogP contribution in [0.1, 0.15) is 15.9 Å². The minimum atomic E-state index is 0. The minimum Gasteiger partial charge on any atom is -0.384 e. The summed E-state index contributed by atoms with van der Waals surface area (Å²) < 4.78 is 5.30. The number of amides is 1. The molecule has 1 aromatic carbocycles. The van der Waals surface area contributed by atoms with Crippen molar-refractivity contribution < 1.29 is 9.53 Å². The first-order valence-corrected chi connectivity index (χ1v) is 7.28. The number of carbonyl (C=O) groups excluding carboxylic acids is 1. The Hall–Kier alpha value is -1.01. The second-order valence-electron chi connectivity index (χ2n) is 5.26. The average molecular weight is 348 g/mol. The quantitative estimate of drug-likeness (QED) is 0.867. The van der Waals surface area contributed by atoms with Gasteiger partial charge in [0, 0.05) is 44.0 Å². The van der Waals surface area contributed by atoms with Crippen LogP contribution in [0.3, 0.4) is 0 Å². The summed E-state index contributed by atoms with van der Waals surface area (Å²) in [5, 5.41) is 6.30. The van der Waals surface area contributed by atoms with E-state index in [0.29, 0.717) is 6.54 Å². The molecule has 2 N–H and O–H groups in total. The Bertz CT molecular complexity index is 494. The van der Waals surface area contributed by atoms with Crippen LogP contribution in [0.15, 0.2) is 18.2 Å². The van der Waals surface area contributed by atoms with Crippen molar-refractivity contribution in [3.63, 3.8) is 0 Å². The summed E-state index contributed by atoms with van der Waals surface area (Å²) in [5.41, 5.74) is 3.16. The molecule has 3 rings (SSSR count). The van der Waals surface area contributed by atoms with Gasteiger partial charge in [-0.25, -0.2) is 0 Å². The Balaban J connectivity index is 0.00000121. The first kappa shape index (κ1) is 19.0. The Morgan fingerprint density at radius 2 is 2.05 bits per heavy atom. The molecule has 22 heavy (non-hydrogen) atoms. The number of fused-ring (bicyclic) bond motifs is 1. The van der Waals surface area contributed by atoms with Gasteiger partial charge in [0.25, 0.3) is 5.91 Å². The molecular formula is C15H23Cl2N3O2. The van der Waals surface area contributed by atoms with Gasteiger partial charge in [-0.05, 0) is 30.2 Å². The maximum atomic E-state index is 12.1. The van der Waals surface area contributed by atoms with Crippen molar-refractivity contribution in [1.82, 2.24) is 10.2 Å². The molecule has 2 aliphatic heterocycles. The van der Waals surface area contributed by atoms with Gasteiger partial charge in [-0.3, -0.25) is 9.69 Å². The van der Waals surface area contributed by atoms with Crippen LogP contribution in [0.5, 0.6) is 0 Å². The summed E-state index contributed by atoms with van der Waals surface area (Å²) in [5.74, 6) is 0.0213. The lowest BCUT2D eigenvalue weighted by atomic mass is 10.1. The number of benzene rings is 1.